The molecule has 0 nitrogen and oxygen atoms in total. The first-order valence-electron chi connectivity index (χ1n) is 5.28. The van der Waals surface area contributed by atoms with Gasteiger partial charge in [-0.05, 0) is 25.7 Å². The lowest BCUT2D eigenvalue weighted by Gasteiger charge is -1.86. The van der Waals surface area contributed by atoms with E-state index in [0.29, 0.717) is 0 Å². The summed E-state index contributed by atoms with van der Waals surface area (Å²) in [7, 11) is 0. The van der Waals surface area contributed by atoms with E-state index >= 15 is 0 Å². The molecular weight excluding hydrogens is 168 g/mol. The van der Waals surface area contributed by atoms with Gasteiger partial charge in [0.05, 0.1) is 0 Å². The standard InChI is InChI=1S/C14H18/c1-2-4-6-8-10-12-14-13-11-9-7-5-3-1/h1-4,7,9-10,12-14H,5-6,8,11H2/b3-1-,4-2+,9-7?,12-10-,14-13+. The van der Waals surface area contributed by atoms with Gasteiger partial charge in [0.1, 0.15) is 0 Å². The van der Waals surface area contributed by atoms with E-state index in [2.05, 4.69) is 60.8 Å². The molecule has 0 atom stereocenters. The molecule has 74 valence electrons. The summed E-state index contributed by atoms with van der Waals surface area (Å²) in [6.07, 6.45) is 26.0. The summed E-state index contributed by atoms with van der Waals surface area (Å²) in [6.45, 7) is 0. The van der Waals surface area contributed by atoms with E-state index in [0.717, 1.165) is 25.7 Å². The van der Waals surface area contributed by atoms with Crippen LogP contribution in [0.5, 0.6) is 0 Å². The average Bonchev–Trinajstić information content (AvgIpc) is 2.22. The maximum atomic E-state index is 2.21. The number of hydrogen-bond donors (Lipinski definition) is 0. The summed E-state index contributed by atoms with van der Waals surface area (Å²) in [4.78, 5) is 0. The summed E-state index contributed by atoms with van der Waals surface area (Å²) in [5, 5.41) is 0. The topological polar surface area (TPSA) is 0 Å². The fraction of sp³-hybridized carbons (Fsp3) is 0.286. The van der Waals surface area contributed by atoms with Crippen molar-refractivity contribution in [2.75, 3.05) is 0 Å². The summed E-state index contributed by atoms with van der Waals surface area (Å²) < 4.78 is 0. The van der Waals surface area contributed by atoms with Crippen LogP contribution in [0, 0.1) is 0 Å². The molecule has 0 aromatic rings. The zero-order valence-electron chi connectivity index (χ0n) is 8.60. The van der Waals surface area contributed by atoms with Crippen molar-refractivity contribution >= 4 is 0 Å². The molecule has 0 spiro atoms. The second kappa shape index (κ2) is 8.31. The van der Waals surface area contributed by atoms with Crippen molar-refractivity contribution in [2.24, 2.45) is 0 Å². The van der Waals surface area contributed by atoms with Gasteiger partial charge < -0.3 is 0 Å². The Morgan fingerprint density at radius 3 is 1.36 bits per heavy atom. The largest absolute Gasteiger partial charge is 0.0844 e. The van der Waals surface area contributed by atoms with Crippen LogP contribution in [-0.2, 0) is 0 Å². The van der Waals surface area contributed by atoms with Gasteiger partial charge in [-0.15, -0.1) is 0 Å². The molecule has 0 heteroatoms. The van der Waals surface area contributed by atoms with Crippen molar-refractivity contribution in [3.63, 3.8) is 0 Å². The molecule has 0 aliphatic heterocycles. The van der Waals surface area contributed by atoms with Gasteiger partial charge in [-0.2, -0.15) is 0 Å². The van der Waals surface area contributed by atoms with Crippen LogP contribution in [0.2, 0.25) is 0 Å². The summed E-state index contributed by atoms with van der Waals surface area (Å²) in [5.74, 6) is 0. The molecule has 0 bridgehead atoms. The van der Waals surface area contributed by atoms with Crippen LogP contribution in [-0.4, -0.2) is 0 Å². The van der Waals surface area contributed by atoms with Gasteiger partial charge in [-0.1, -0.05) is 60.8 Å². The Bertz CT molecular complexity index is 234. The van der Waals surface area contributed by atoms with Crippen LogP contribution in [0.4, 0.5) is 0 Å². The normalized spacial score (nSPS) is 27.4. The summed E-state index contributed by atoms with van der Waals surface area (Å²) in [6, 6.07) is 0. The highest BCUT2D eigenvalue weighted by atomic mass is 13.8. The van der Waals surface area contributed by atoms with Crippen LogP contribution in [0.1, 0.15) is 25.7 Å². The molecule has 0 saturated carbocycles. The minimum absolute atomic E-state index is 1.04. The zero-order chi connectivity index (χ0) is 9.90. The van der Waals surface area contributed by atoms with Crippen molar-refractivity contribution in [1.29, 1.82) is 0 Å². The monoisotopic (exact) mass is 186 g/mol. The third kappa shape index (κ3) is 6.24. The van der Waals surface area contributed by atoms with E-state index in [1.165, 1.54) is 0 Å². The highest BCUT2D eigenvalue weighted by Crippen LogP contribution is 1.97. The predicted octanol–water partition coefficient (Wildman–Crippen LogP) is 4.34. The fourth-order valence-corrected chi connectivity index (χ4v) is 1.21. The molecule has 14 heavy (non-hydrogen) atoms. The van der Waals surface area contributed by atoms with Crippen molar-refractivity contribution in [2.45, 2.75) is 25.7 Å². The molecule has 1 aliphatic rings. The van der Waals surface area contributed by atoms with Gasteiger partial charge in [0.2, 0.25) is 0 Å². The van der Waals surface area contributed by atoms with Gasteiger partial charge in [0, 0.05) is 0 Å². The first kappa shape index (κ1) is 10.8. The minimum Gasteiger partial charge on any atom is -0.0844 e. The molecule has 0 heterocycles. The van der Waals surface area contributed by atoms with Crippen LogP contribution in [0.15, 0.2) is 60.8 Å². The second-order valence-electron chi connectivity index (χ2n) is 3.23. The molecule has 0 saturated heterocycles. The van der Waals surface area contributed by atoms with Gasteiger partial charge in [-0.25, -0.2) is 0 Å². The SMILES string of the molecule is C1=CC/C=C/C=C\CC/C=C/C=C\C1. The predicted molar refractivity (Wildman–Crippen MR) is 64.2 cm³/mol. The van der Waals surface area contributed by atoms with E-state index in [1.807, 2.05) is 0 Å². The second-order valence-corrected chi connectivity index (χ2v) is 3.23. The van der Waals surface area contributed by atoms with Gasteiger partial charge in [0.25, 0.3) is 0 Å². The van der Waals surface area contributed by atoms with Crippen molar-refractivity contribution < 1.29 is 0 Å². The third-order valence-corrected chi connectivity index (χ3v) is 1.98. The number of hydrogen-bond acceptors (Lipinski definition) is 0. The molecule has 1 rings (SSSR count). The van der Waals surface area contributed by atoms with E-state index in [-0.39, 0.29) is 0 Å². The zero-order valence-corrected chi connectivity index (χ0v) is 8.60. The third-order valence-electron chi connectivity index (χ3n) is 1.98. The Hall–Kier alpha value is -1.30. The van der Waals surface area contributed by atoms with Crippen molar-refractivity contribution in [1.82, 2.24) is 0 Å². The first-order valence-corrected chi connectivity index (χ1v) is 5.28. The fourth-order valence-electron chi connectivity index (χ4n) is 1.21. The highest BCUT2D eigenvalue weighted by molar-refractivity contribution is 5.09. The van der Waals surface area contributed by atoms with Gasteiger partial charge >= 0.3 is 0 Å². The highest BCUT2D eigenvalue weighted by Gasteiger charge is 1.76. The van der Waals surface area contributed by atoms with E-state index in [9.17, 15) is 0 Å². The van der Waals surface area contributed by atoms with Gasteiger partial charge in [-0.3, -0.25) is 0 Å². The molecule has 0 N–H and O–H groups in total. The van der Waals surface area contributed by atoms with Crippen molar-refractivity contribution in [3.05, 3.63) is 60.8 Å². The molecule has 1 aliphatic carbocycles. The Morgan fingerprint density at radius 2 is 0.857 bits per heavy atom. The average molecular weight is 186 g/mol. The molecule has 0 aromatic heterocycles. The molecule has 0 fully saturated rings. The summed E-state index contributed by atoms with van der Waals surface area (Å²) >= 11 is 0. The lowest BCUT2D eigenvalue weighted by atomic mass is 10.2. The molecule has 0 aromatic carbocycles. The lowest BCUT2D eigenvalue weighted by molar-refractivity contribution is 1.05. The quantitative estimate of drug-likeness (QED) is 0.494. The first-order chi connectivity index (χ1) is 7.00. The number of rotatable bonds is 0. The van der Waals surface area contributed by atoms with Gasteiger partial charge in [0.15, 0.2) is 0 Å². The van der Waals surface area contributed by atoms with Crippen molar-refractivity contribution in [3.8, 4) is 0 Å². The van der Waals surface area contributed by atoms with Crippen LogP contribution in [0.25, 0.3) is 0 Å². The van der Waals surface area contributed by atoms with E-state index in [4.69, 9.17) is 0 Å². The van der Waals surface area contributed by atoms with Crippen LogP contribution < -0.4 is 0 Å². The van der Waals surface area contributed by atoms with Crippen LogP contribution in [0.3, 0.4) is 0 Å². The number of allylic oxidation sites excluding steroid dienone is 10. The maximum absolute atomic E-state index is 2.21. The molecule has 0 unspecified atom stereocenters. The summed E-state index contributed by atoms with van der Waals surface area (Å²) in [5.41, 5.74) is 0. The Kier molecular flexibility index (Phi) is 6.39. The Labute approximate surface area is 87.0 Å². The van der Waals surface area contributed by atoms with Crippen LogP contribution >= 0.6 is 0 Å². The van der Waals surface area contributed by atoms with E-state index < -0.39 is 0 Å². The van der Waals surface area contributed by atoms with E-state index in [1.54, 1.807) is 0 Å². The Balaban J connectivity index is 2.45. The molecular formula is C14H18. The molecule has 0 radical (unpaired) electrons. The Morgan fingerprint density at radius 1 is 0.429 bits per heavy atom. The molecule has 0 amide bonds. The minimum atomic E-state index is 1.04. The maximum Gasteiger partial charge on any atom is -0.0166 e. The smallest absolute Gasteiger partial charge is 0.0166 e. The lowest BCUT2D eigenvalue weighted by Crippen LogP contribution is -1.65.